The molecule has 1 fully saturated rings. The van der Waals surface area contributed by atoms with Crippen LogP contribution in [-0.2, 0) is 9.59 Å². The van der Waals surface area contributed by atoms with Gasteiger partial charge in [-0.15, -0.1) is 10.2 Å². The van der Waals surface area contributed by atoms with Crippen molar-refractivity contribution >= 4 is 40.0 Å². The second kappa shape index (κ2) is 8.49. The first-order valence-corrected chi connectivity index (χ1v) is 10.5. The monoisotopic (exact) mass is 384 g/mol. The van der Waals surface area contributed by atoms with E-state index in [1.807, 2.05) is 25.7 Å². The molecule has 140 valence electrons. The molecular formula is C17H28N4O2S2. The van der Waals surface area contributed by atoms with Gasteiger partial charge in [0, 0.05) is 29.7 Å². The van der Waals surface area contributed by atoms with Crippen LogP contribution in [0.25, 0.3) is 0 Å². The summed E-state index contributed by atoms with van der Waals surface area (Å²) < 4.78 is 0.884. The third-order valence-corrected chi connectivity index (χ3v) is 6.50. The Bertz CT molecular complexity index is 604. The molecule has 0 radical (unpaired) electrons. The number of anilines is 1. The Hall–Kier alpha value is -1.15. The lowest BCUT2D eigenvalue weighted by Gasteiger charge is -2.35. The third-order valence-electron chi connectivity index (χ3n) is 4.31. The largest absolute Gasteiger partial charge is 0.342 e. The Morgan fingerprint density at radius 1 is 1.32 bits per heavy atom. The van der Waals surface area contributed by atoms with Gasteiger partial charge >= 0.3 is 0 Å². The van der Waals surface area contributed by atoms with Crippen molar-refractivity contribution in [3.63, 3.8) is 0 Å². The number of aromatic nitrogens is 2. The van der Waals surface area contributed by atoms with Crippen molar-refractivity contribution in [3.8, 4) is 0 Å². The molecule has 1 aliphatic rings. The van der Waals surface area contributed by atoms with Gasteiger partial charge in [-0.1, -0.05) is 57.7 Å². The maximum Gasteiger partial charge on any atom is 0.229 e. The summed E-state index contributed by atoms with van der Waals surface area (Å²) in [5.41, 5.74) is -0.370. The molecule has 0 unspecified atom stereocenters. The topological polar surface area (TPSA) is 75.2 Å². The van der Waals surface area contributed by atoms with Gasteiger partial charge in [-0.05, 0) is 19.3 Å². The Morgan fingerprint density at radius 2 is 1.96 bits per heavy atom. The van der Waals surface area contributed by atoms with Gasteiger partial charge in [0.1, 0.15) is 0 Å². The zero-order valence-corrected chi connectivity index (χ0v) is 17.3. The minimum Gasteiger partial charge on any atom is -0.342 e. The average molecular weight is 385 g/mol. The highest BCUT2D eigenvalue weighted by Crippen LogP contribution is 2.30. The van der Waals surface area contributed by atoms with Crippen LogP contribution in [0.1, 0.15) is 53.9 Å². The minimum atomic E-state index is -0.370. The summed E-state index contributed by atoms with van der Waals surface area (Å²) in [6.45, 7) is 11.4. The standard InChI is InChI=1S/C17H28N4O2S2/c1-6-11(2)24-16-20-19-15(25-16)18-13(22)12-7-9-21(10-8-12)14(23)17(3,4)5/h11-12H,6-10H2,1-5H3,(H,18,19,22)/t11-/m0/s1. The Kier molecular flexibility index (Phi) is 6.85. The highest BCUT2D eigenvalue weighted by Gasteiger charge is 2.32. The van der Waals surface area contributed by atoms with E-state index in [1.165, 1.54) is 11.3 Å². The molecular weight excluding hydrogens is 356 g/mol. The molecule has 0 bridgehead atoms. The zero-order valence-electron chi connectivity index (χ0n) is 15.7. The van der Waals surface area contributed by atoms with Gasteiger partial charge in [0.15, 0.2) is 4.34 Å². The molecule has 1 saturated heterocycles. The summed E-state index contributed by atoms with van der Waals surface area (Å²) in [7, 11) is 0. The van der Waals surface area contributed by atoms with Gasteiger partial charge < -0.3 is 10.2 Å². The number of likely N-dealkylation sites (tertiary alicyclic amines) is 1. The van der Waals surface area contributed by atoms with Crippen LogP contribution >= 0.6 is 23.1 Å². The van der Waals surface area contributed by atoms with Gasteiger partial charge in [-0.3, -0.25) is 9.59 Å². The van der Waals surface area contributed by atoms with Gasteiger partial charge in [0.2, 0.25) is 16.9 Å². The molecule has 1 aliphatic heterocycles. The lowest BCUT2D eigenvalue weighted by molar-refractivity contribution is -0.142. The van der Waals surface area contributed by atoms with Crippen molar-refractivity contribution in [1.29, 1.82) is 0 Å². The van der Waals surface area contributed by atoms with Crippen molar-refractivity contribution in [2.24, 2.45) is 11.3 Å². The van der Waals surface area contributed by atoms with E-state index in [4.69, 9.17) is 0 Å². The fourth-order valence-corrected chi connectivity index (χ4v) is 4.59. The molecule has 0 saturated carbocycles. The van der Waals surface area contributed by atoms with E-state index in [-0.39, 0.29) is 23.1 Å². The van der Waals surface area contributed by atoms with Crippen LogP contribution < -0.4 is 5.32 Å². The van der Waals surface area contributed by atoms with Crippen LogP contribution in [0.15, 0.2) is 4.34 Å². The first-order chi connectivity index (χ1) is 11.7. The van der Waals surface area contributed by atoms with Crippen molar-refractivity contribution < 1.29 is 9.59 Å². The minimum absolute atomic E-state index is 0.0147. The fraction of sp³-hybridized carbons (Fsp3) is 0.765. The van der Waals surface area contributed by atoms with Crippen LogP contribution in [0.4, 0.5) is 5.13 Å². The highest BCUT2D eigenvalue weighted by atomic mass is 32.2. The number of thioether (sulfide) groups is 1. The summed E-state index contributed by atoms with van der Waals surface area (Å²) in [4.78, 5) is 26.6. The molecule has 2 rings (SSSR count). The smallest absolute Gasteiger partial charge is 0.229 e. The molecule has 25 heavy (non-hydrogen) atoms. The van der Waals surface area contributed by atoms with E-state index >= 15 is 0 Å². The Labute approximate surface area is 158 Å². The second-order valence-electron chi connectivity index (χ2n) is 7.52. The third kappa shape index (κ3) is 5.67. The van der Waals surface area contributed by atoms with E-state index < -0.39 is 0 Å². The molecule has 0 aromatic carbocycles. The van der Waals surface area contributed by atoms with Crippen LogP contribution in [0.3, 0.4) is 0 Å². The van der Waals surface area contributed by atoms with Crippen molar-refractivity contribution in [3.05, 3.63) is 0 Å². The molecule has 2 amide bonds. The quantitative estimate of drug-likeness (QED) is 0.619. The van der Waals surface area contributed by atoms with E-state index in [2.05, 4.69) is 29.4 Å². The lowest BCUT2D eigenvalue weighted by Crippen LogP contribution is -2.45. The molecule has 2 heterocycles. The van der Waals surface area contributed by atoms with Gasteiger partial charge in [0.25, 0.3) is 0 Å². The van der Waals surface area contributed by atoms with Gasteiger partial charge in [-0.25, -0.2) is 0 Å². The zero-order chi connectivity index (χ0) is 18.6. The molecule has 1 atom stereocenters. The summed E-state index contributed by atoms with van der Waals surface area (Å²) >= 11 is 3.10. The maximum atomic E-state index is 12.4. The Balaban J connectivity index is 1.84. The van der Waals surface area contributed by atoms with Crippen molar-refractivity contribution in [2.75, 3.05) is 18.4 Å². The number of carbonyl (C=O) groups is 2. The first-order valence-electron chi connectivity index (χ1n) is 8.81. The number of rotatable bonds is 5. The molecule has 6 nitrogen and oxygen atoms in total. The molecule has 1 aromatic rings. The lowest BCUT2D eigenvalue weighted by atomic mass is 9.91. The summed E-state index contributed by atoms with van der Waals surface area (Å²) in [6, 6.07) is 0. The predicted octanol–water partition coefficient (Wildman–Crippen LogP) is 3.65. The summed E-state index contributed by atoms with van der Waals surface area (Å²) in [5, 5.41) is 12.1. The summed E-state index contributed by atoms with van der Waals surface area (Å²) in [6.07, 6.45) is 2.46. The molecule has 1 N–H and O–H groups in total. The van der Waals surface area contributed by atoms with Crippen molar-refractivity contribution in [1.82, 2.24) is 15.1 Å². The van der Waals surface area contributed by atoms with Gasteiger partial charge in [-0.2, -0.15) is 0 Å². The van der Waals surface area contributed by atoms with E-state index in [1.54, 1.807) is 11.8 Å². The molecule has 0 aliphatic carbocycles. The molecule has 0 spiro atoms. The van der Waals surface area contributed by atoms with Gasteiger partial charge in [0.05, 0.1) is 0 Å². The first kappa shape index (κ1) is 20.2. The predicted molar refractivity (Wildman–Crippen MR) is 103 cm³/mol. The normalized spacial score (nSPS) is 17.4. The number of hydrogen-bond donors (Lipinski definition) is 1. The average Bonchev–Trinajstić information content (AvgIpc) is 3.00. The molecule has 8 heteroatoms. The summed E-state index contributed by atoms with van der Waals surface area (Å²) in [5.74, 6) is 0.0693. The van der Waals surface area contributed by atoms with Crippen LogP contribution in [0.5, 0.6) is 0 Å². The maximum absolute atomic E-state index is 12.4. The van der Waals surface area contributed by atoms with Crippen LogP contribution in [-0.4, -0.2) is 45.3 Å². The Morgan fingerprint density at radius 3 is 2.52 bits per heavy atom. The second-order valence-corrected chi connectivity index (χ2v) is 10.2. The number of amides is 2. The number of carbonyl (C=O) groups excluding carboxylic acids is 2. The number of nitrogens with one attached hydrogen (secondary N) is 1. The van der Waals surface area contributed by atoms with E-state index in [9.17, 15) is 9.59 Å². The highest BCUT2D eigenvalue weighted by molar-refractivity contribution is 8.01. The fourth-order valence-electron chi connectivity index (χ4n) is 2.59. The van der Waals surface area contributed by atoms with Crippen molar-refractivity contribution in [2.45, 2.75) is 63.5 Å². The number of nitrogens with zero attached hydrogens (tertiary/aromatic N) is 3. The molecule has 1 aromatic heterocycles. The van der Waals surface area contributed by atoms with Crippen LogP contribution in [0.2, 0.25) is 0 Å². The number of hydrogen-bond acceptors (Lipinski definition) is 6. The SMILES string of the molecule is CC[C@H](C)Sc1nnc(NC(=O)C2CCN(C(=O)C(C)(C)C)CC2)s1. The van der Waals surface area contributed by atoms with E-state index in [0.717, 1.165) is 10.8 Å². The van der Waals surface area contributed by atoms with E-state index in [0.29, 0.717) is 36.3 Å². The number of piperidine rings is 1. The van der Waals surface area contributed by atoms with Crippen LogP contribution in [0, 0.1) is 11.3 Å².